The second kappa shape index (κ2) is 6.29. The van der Waals surface area contributed by atoms with Crippen LogP contribution in [-0.4, -0.2) is 17.0 Å². The smallest absolute Gasteiger partial charge is 0.321 e. The van der Waals surface area contributed by atoms with E-state index in [2.05, 4.69) is 35.2 Å². The van der Waals surface area contributed by atoms with E-state index in [9.17, 15) is 0 Å². The van der Waals surface area contributed by atoms with Crippen LogP contribution >= 0.6 is 0 Å². The van der Waals surface area contributed by atoms with E-state index in [1.54, 1.807) is 12.4 Å². The molecule has 4 heteroatoms. The van der Waals surface area contributed by atoms with E-state index in [4.69, 9.17) is 4.74 Å². The Hall–Kier alpha value is -1.94. The number of hydrogen-bond acceptors (Lipinski definition) is 4. The molecule has 2 aromatic rings. The lowest BCUT2D eigenvalue weighted by Gasteiger charge is -2.12. The number of hydrogen-bond donors (Lipinski definition) is 1. The fourth-order valence-electron chi connectivity index (χ4n) is 1.84. The highest BCUT2D eigenvalue weighted by Crippen LogP contribution is 2.28. The second-order valence-electron chi connectivity index (χ2n) is 4.70. The molecule has 1 aromatic carbocycles. The van der Waals surface area contributed by atoms with Crippen molar-refractivity contribution in [2.45, 2.75) is 26.3 Å². The summed E-state index contributed by atoms with van der Waals surface area (Å²) in [5.41, 5.74) is 2.19. The molecule has 0 radical (unpaired) electrons. The summed E-state index contributed by atoms with van der Waals surface area (Å²) in [6.45, 7) is 5.03. The number of nitrogens with one attached hydrogen (secondary N) is 1. The molecular formula is C15H19N3O. The lowest BCUT2D eigenvalue weighted by Crippen LogP contribution is -2.06. The molecule has 0 aliphatic rings. The Morgan fingerprint density at radius 2 is 1.84 bits per heavy atom. The van der Waals surface area contributed by atoms with Gasteiger partial charge in [0.15, 0.2) is 0 Å². The van der Waals surface area contributed by atoms with Crippen molar-refractivity contribution in [2.75, 3.05) is 7.05 Å². The summed E-state index contributed by atoms with van der Waals surface area (Å²) in [6.07, 6.45) is 3.55. The number of ether oxygens (including phenoxy) is 1. The van der Waals surface area contributed by atoms with Gasteiger partial charge >= 0.3 is 6.01 Å². The van der Waals surface area contributed by atoms with Gasteiger partial charge in [0.1, 0.15) is 5.75 Å². The zero-order valence-corrected chi connectivity index (χ0v) is 11.6. The molecule has 1 aromatic heterocycles. The zero-order valence-electron chi connectivity index (χ0n) is 11.6. The third kappa shape index (κ3) is 3.51. The fourth-order valence-corrected chi connectivity index (χ4v) is 1.84. The molecule has 0 aliphatic heterocycles. The number of rotatable bonds is 5. The molecule has 1 N–H and O–H groups in total. The average molecular weight is 257 g/mol. The Morgan fingerprint density at radius 1 is 1.16 bits per heavy atom. The van der Waals surface area contributed by atoms with Crippen LogP contribution in [0.3, 0.4) is 0 Å². The summed E-state index contributed by atoms with van der Waals surface area (Å²) in [7, 11) is 1.89. The van der Waals surface area contributed by atoms with Crippen molar-refractivity contribution in [1.82, 2.24) is 15.3 Å². The van der Waals surface area contributed by atoms with Crippen LogP contribution in [0.25, 0.3) is 0 Å². The van der Waals surface area contributed by atoms with Crippen LogP contribution in [0.2, 0.25) is 0 Å². The van der Waals surface area contributed by atoms with Crippen LogP contribution in [0.4, 0.5) is 0 Å². The summed E-state index contributed by atoms with van der Waals surface area (Å²) in [6, 6.07) is 8.36. The van der Waals surface area contributed by atoms with Crippen LogP contribution in [0.15, 0.2) is 36.7 Å². The van der Waals surface area contributed by atoms with Crippen LogP contribution in [0.5, 0.6) is 11.8 Å². The van der Waals surface area contributed by atoms with Crippen LogP contribution in [0, 0.1) is 0 Å². The van der Waals surface area contributed by atoms with Gasteiger partial charge in [-0.1, -0.05) is 32.0 Å². The molecule has 2 rings (SSSR count). The van der Waals surface area contributed by atoms with Gasteiger partial charge in [0, 0.05) is 24.5 Å². The van der Waals surface area contributed by atoms with Crippen molar-refractivity contribution in [2.24, 2.45) is 0 Å². The molecule has 0 bridgehead atoms. The lowest BCUT2D eigenvalue weighted by atomic mass is 10.0. The molecule has 0 atom stereocenters. The second-order valence-corrected chi connectivity index (χ2v) is 4.70. The molecule has 0 aliphatic carbocycles. The van der Waals surface area contributed by atoms with E-state index in [0.29, 0.717) is 11.9 Å². The summed E-state index contributed by atoms with van der Waals surface area (Å²) in [5, 5.41) is 3.06. The topological polar surface area (TPSA) is 47.0 Å². The van der Waals surface area contributed by atoms with Crippen molar-refractivity contribution in [3.05, 3.63) is 47.8 Å². The Bertz CT molecular complexity index is 523. The maximum absolute atomic E-state index is 5.76. The normalized spacial score (nSPS) is 10.7. The third-order valence-corrected chi connectivity index (χ3v) is 2.80. The van der Waals surface area contributed by atoms with Gasteiger partial charge in [0.25, 0.3) is 0 Å². The van der Waals surface area contributed by atoms with Crippen LogP contribution < -0.4 is 10.1 Å². The Balaban J connectivity index is 2.17. The maximum atomic E-state index is 5.76. The molecule has 0 saturated carbocycles. The minimum atomic E-state index is 0.382. The quantitative estimate of drug-likeness (QED) is 0.894. The van der Waals surface area contributed by atoms with E-state index < -0.39 is 0 Å². The molecule has 4 nitrogen and oxygen atoms in total. The standard InChI is InChI=1S/C15H19N3O/c1-11(2)13-6-4-5-7-14(13)19-15-17-9-12(8-16-3)10-18-15/h4-7,9-11,16H,8H2,1-3H3. The van der Waals surface area contributed by atoms with Crippen LogP contribution in [-0.2, 0) is 6.54 Å². The molecule has 0 fully saturated rings. The van der Waals surface area contributed by atoms with Gasteiger partial charge in [0.2, 0.25) is 0 Å². The minimum absolute atomic E-state index is 0.382. The Kier molecular flexibility index (Phi) is 4.47. The Labute approximate surface area is 113 Å². The fraction of sp³-hybridized carbons (Fsp3) is 0.333. The van der Waals surface area contributed by atoms with Crippen LogP contribution in [0.1, 0.15) is 30.9 Å². The van der Waals surface area contributed by atoms with Crippen molar-refractivity contribution < 1.29 is 4.74 Å². The summed E-state index contributed by atoms with van der Waals surface area (Å²) in [5.74, 6) is 1.22. The first-order chi connectivity index (χ1) is 9.20. The SMILES string of the molecule is CNCc1cnc(Oc2ccccc2C(C)C)nc1. The van der Waals surface area contributed by atoms with Crippen molar-refractivity contribution in [3.63, 3.8) is 0 Å². The molecule has 0 spiro atoms. The Morgan fingerprint density at radius 3 is 2.47 bits per heavy atom. The van der Waals surface area contributed by atoms with E-state index in [1.807, 2.05) is 25.2 Å². The largest absolute Gasteiger partial charge is 0.424 e. The molecule has 100 valence electrons. The van der Waals surface area contributed by atoms with Gasteiger partial charge in [-0.05, 0) is 24.6 Å². The molecule has 0 amide bonds. The molecule has 0 unspecified atom stereocenters. The number of para-hydroxylation sites is 1. The molecular weight excluding hydrogens is 238 g/mol. The zero-order chi connectivity index (χ0) is 13.7. The number of aromatic nitrogens is 2. The van der Waals surface area contributed by atoms with E-state index in [0.717, 1.165) is 23.4 Å². The minimum Gasteiger partial charge on any atom is -0.424 e. The van der Waals surface area contributed by atoms with Crippen molar-refractivity contribution in [3.8, 4) is 11.8 Å². The molecule has 19 heavy (non-hydrogen) atoms. The highest BCUT2D eigenvalue weighted by atomic mass is 16.5. The van der Waals surface area contributed by atoms with Crippen molar-refractivity contribution in [1.29, 1.82) is 0 Å². The molecule has 0 saturated heterocycles. The summed E-state index contributed by atoms with van der Waals surface area (Å²) >= 11 is 0. The van der Waals surface area contributed by atoms with Gasteiger partial charge < -0.3 is 10.1 Å². The van der Waals surface area contributed by atoms with Gasteiger partial charge in [-0.3, -0.25) is 0 Å². The van der Waals surface area contributed by atoms with Gasteiger partial charge in [-0.2, -0.15) is 0 Å². The van der Waals surface area contributed by atoms with E-state index >= 15 is 0 Å². The summed E-state index contributed by atoms with van der Waals surface area (Å²) < 4.78 is 5.76. The van der Waals surface area contributed by atoms with Gasteiger partial charge in [-0.25, -0.2) is 9.97 Å². The average Bonchev–Trinajstić information content (AvgIpc) is 2.42. The number of benzene rings is 1. The van der Waals surface area contributed by atoms with Crippen molar-refractivity contribution >= 4 is 0 Å². The highest BCUT2D eigenvalue weighted by Gasteiger charge is 2.09. The van der Waals surface area contributed by atoms with E-state index in [-0.39, 0.29) is 0 Å². The monoisotopic (exact) mass is 257 g/mol. The highest BCUT2D eigenvalue weighted by molar-refractivity contribution is 5.37. The lowest BCUT2D eigenvalue weighted by molar-refractivity contribution is 0.433. The maximum Gasteiger partial charge on any atom is 0.321 e. The molecule has 1 heterocycles. The first-order valence-corrected chi connectivity index (χ1v) is 6.43. The summed E-state index contributed by atoms with van der Waals surface area (Å²) in [4.78, 5) is 8.44. The van der Waals surface area contributed by atoms with E-state index in [1.165, 1.54) is 0 Å². The first kappa shape index (κ1) is 13.5. The first-order valence-electron chi connectivity index (χ1n) is 6.43. The van der Waals surface area contributed by atoms with Gasteiger partial charge in [-0.15, -0.1) is 0 Å². The number of nitrogens with zero attached hydrogens (tertiary/aromatic N) is 2. The predicted octanol–water partition coefficient (Wildman–Crippen LogP) is 3.11. The van der Waals surface area contributed by atoms with Gasteiger partial charge in [0.05, 0.1) is 0 Å². The predicted molar refractivity (Wildman–Crippen MR) is 75.4 cm³/mol. The third-order valence-electron chi connectivity index (χ3n) is 2.80.